The van der Waals surface area contributed by atoms with E-state index in [-0.39, 0.29) is 6.61 Å². The Morgan fingerprint density at radius 2 is 2.20 bits per heavy atom. The van der Waals surface area contributed by atoms with E-state index in [4.69, 9.17) is 10.8 Å². The number of nitrogen functional groups attached to an aromatic ring is 1. The molecule has 1 unspecified atom stereocenters. The molecule has 0 aliphatic rings. The van der Waals surface area contributed by atoms with Crippen LogP contribution >= 0.6 is 0 Å². The van der Waals surface area contributed by atoms with Crippen LogP contribution in [0.4, 0.5) is 5.69 Å². The normalized spacial score (nSPS) is 13.1. The van der Waals surface area contributed by atoms with Crippen molar-refractivity contribution in [3.05, 3.63) is 29.8 Å². The maximum atomic E-state index is 8.95. The van der Waals surface area contributed by atoms with Crippen LogP contribution in [0.1, 0.15) is 12.5 Å². The Labute approximate surface area is 91.5 Å². The molecule has 3 nitrogen and oxygen atoms in total. The second-order valence-electron chi connectivity index (χ2n) is 4.23. The third-order valence-corrected chi connectivity index (χ3v) is 2.34. The van der Waals surface area contributed by atoms with Gasteiger partial charge < -0.3 is 15.7 Å². The minimum absolute atomic E-state index is 0.237. The Bertz CT molecular complexity index is 301. The minimum atomic E-state index is 0.237. The smallest absolute Gasteiger partial charge is 0.0468 e. The van der Waals surface area contributed by atoms with Crippen LogP contribution in [-0.4, -0.2) is 30.2 Å². The summed E-state index contributed by atoms with van der Waals surface area (Å²) in [6, 6.07) is 7.91. The molecule has 0 fully saturated rings. The highest BCUT2D eigenvalue weighted by molar-refractivity contribution is 5.40. The highest BCUT2D eigenvalue weighted by Crippen LogP contribution is 2.09. The second-order valence-corrected chi connectivity index (χ2v) is 4.23. The van der Waals surface area contributed by atoms with Crippen molar-refractivity contribution in [3.8, 4) is 0 Å². The second kappa shape index (κ2) is 5.73. The number of hydrogen-bond donors (Lipinski definition) is 2. The first-order valence-corrected chi connectivity index (χ1v) is 5.25. The first kappa shape index (κ1) is 12.0. The molecule has 0 aromatic heterocycles. The molecule has 0 saturated carbocycles. The molecule has 0 aliphatic carbocycles. The molecule has 0 spiro atoms. The molecular formula is C12H20N2O. The van der Waals surface area contributed by atoms with Gasteiger partial charge in [-0.15, -0.1) is 0 Å². The molecule has 15 heavy (non-hydrogen) atoms. The minimum Gasteiger partial charge on any atom is -0.399 e. The van der Waals surface area contributed by atoms with E-state index in [9.17, 15) is 0 Å². The van der Waals surface area contributed by atoms with E-state index in [2.05, 4.69) is 18.0 Å². The van der Waals surface area contributed by atoms with Crippen molar-refractivity contribution < 1.29 is 5.11 Å². The summed E-state index contributed by atoms with van der Waals surface area (Å²) in [6.07, 6.45) is 0. The Hall–Kier alpha value is -1.06. The molecule has 3 heteroatoms. The van der Waals surface area contributed by atoms with Crippen molar-refractivity contribution in [1.82, 2.24) is 4.90 Å². The van der Waals surface area contributed by atoms with E-state index >= 15 is 0 Å². The fourth-order valence-corrected chi connectivity index (χ4v) is 1.66. The van der Waals surface area contributed by atoms with Crippen LogP contribution in [0.2, 0.25) is 0 Å². The zero-order valence-corrected chi connectivity index (χ0v) is 9.48. The maximum Gasteiger partial charge on any atom is 0.0468 e. The van der Waals surface area contributed by atoms with Gasteiger partial charge in [0.05, 0.1) is 0 Å². The highest BCUT2D eigenvalue weighted by atomic mass is 16.3. The lowest BCUT2D eigenvalue weighted by atomic mass is 10.1. The zero-order chi connectivity index (χ0) is 11.3. The summed E-state index contributed by atoms with van der Waals surface area (Å²) in [5.41, 5.74) is 7.72. The molecule has 0 bridgehead atoms. The van der Waals surface area contributed by atoms with Crippen molar-refractivity contribution in [1.29, 1.82) is 0 Å². The number of rotatable bonds is 5. The quantitative estimate of drug-likeness (QED) is 0.718. The van der Waals surface area contributed by atoms with Crippen molar-refractivity contribution in [3.63, 3.8) is 0 Å². The molecule has 0 aliphatic heterocycles. The summed E-state index contributed by atoms with van der Waals surface area (Å²) in [7, 11) is 2.05. The van der Waals surface area contributed by atoms with Gasteiger partial charge in [0.15, 0.2) is 0 Å². The Balaban J connectivity index is 2.47. The summed E-state index contributed by atoms with van der Waals surface area (Å²) in [5.74, 6) is 0.316. The monoisotopic (exact) mass is 208 g/mol. The van der Waals surface area contributed by atoms with E-state index in [0.29, 0.717) is 5.92 Å². The van der Waals surface area contributed by atoms with Crippen LogP contribution in [0.25, 0.3) is 0 Å². The lowest BCUT2D eigenvalue weighted by Gasteiger charge is -2.20. The first-order valence-electron chi connectivity index (χ1n) is 5.25. The van der Waals surface area contributed by atoms with E-state index < -0.39 is 0 Å². The number of anilines is 1. The van der Waals surface area contributed by atoms with Gasteiger partial charge in [-0.2, -0.15) is 0 Å². The molecule has 1 rings (SSSR count). The maximum absolute atomic E-state index is 8.95. The number of nitrogens with two attached hydrogens (primary N) is 1. The van der Waals surface area contributed by atoms with Gasteiger partial charge >= 0.3 is 0 Å². The van der Waals surface area contributed by atoms with Gasteiger partial charge in [-0.25, -0.2) is 0 Å². The summed E-state index contributed by atoms with van der Waals surface area (Å²) < 4.78 is 0. The topological polar surface area (TPSA) is 49.5 Å². The molecule has 1 aromatic carbocycles. The van der Waals surface area contributed by atoms with E-state index in [0.717, 1.165) is 18.8 Å². The van der Waals surface area contributed by atoms with Crippen molar-refractivity contribution in [2.45, 2.75) is 13.5 Å². The number of benzene rings is 1. The first-order chi connectivity index (χ1) is 7.11. The van der Waals surface area contributed by atoms with Crippen LogP contribution < -0.4 is 5.73 Å². The Kier molecular flexibility index (Phi) is 4.59. The SMILES string of the molecule is CC(CO)CN(C)Cc1cccc(N)c1. The fourth-order valence-electron chi connectivity index (χ4n) is 1.66. The predicted molar refractivity (Wildman–Crippen MR) is 63.4 cm³/mol. The number of hydrogen-bond acceptors (Lipinski definition) is 3. The van der Waals surface area contributed by atoms with Gasteiger partial charge in [0, 0.05) is 25.4 Å². The van der Waals surface area contributed by atoms with Crippen LogP contribution in [0, 0.1) is 5.92 Å². The summed E-state index contributed by atoms with van der Waals surface area (Å²) >= 11 is 0. The number of nitrogens with zero attached hydrogens (tertiary/aromatic N) is 1. The van der Waals surface area contributed by atoms with E-state index in [1.54, 1.807) is 0 Å². The van der Waals surface area contributed by atoms with Gasteiger partial charge in [-0.3, -0.25) is 0 Å². The van der Waals surface area contributed by atoms with Gasteiger partial charge in [0.2, 0.25) is 0 Å². The van der Waals surface area contributed by atoms with Crippen LogP contribution in [0.3, 0.4) is 0 Å². The van der Waals surface area contributed by atoms with Crippen LogP contribution in [-0.2, 0) is 6.54 Å². The van der Waals surface area contributed by atoms with Gasteiger partial charge in [0.1, 0.15) is 0 Å². The van der Waals surface area contributed by atoms with Crippen molar-refractivity contribution >= 4 is 5.69 Å². The molecule has 84 valence electrons. The average Bonchev–Trinajstić information content (AvgIpc) is 2.17. The van der Waals surface area contributed by atoms with Gasteiger partial charge in [-0.1, -0.05) is 19.1 Å². The molecule has 1 atom stereocenters. The predicted octanol–water partition coefficient (Wildman–Crippen LogP) is 1.33. The zero-order valence-electron chi connectivity index (χ0n) is 9.48. The Morgan fingerprint density at radius 1 is 1.47 bits per heavy atom. The third kappa shape index (κ3) is 4.32. The van der Waals surface area contributed by atoms with E-state index in [1.807, 2.05) is 25.1 Å². The third-order valence-electron chi connectivity index (χ3n) is 2.34. The highest BCUT2D eigenvalue weighted by Gasteiger charge is 2.05. The number of aliphatic hydroxyl groups excluding tert-OH is 1. The van der Waals surface area contributed by atoms with Crippen LogP contribution in [0.15, 0.2) is 24.3 Å². The molecule has 0 radical (unpaired) electrons. The molecular weight excluding hydrogens is 188 g/mol. The molecule has 0 saturated heterocycles. The van der Waals surface area contributed by atoms with Gasteiger partial charge in [-0.05, 0) is 30.7 Å². The van der Waals surface area contributed by atoms with Crippen LogP contribution in [0.5, 0.6) is 0 Å². The molecule has 1 aromatic rings. The largest absolute Gasteiger partial charge is 0.399 e. The fraction of sp³-hybridized carbons (Fsp3) is 0.500. The van der Waals surface area contributed by atoms with Gasteiger partial charge in [0.25, 0.3) is 0 Å². The molecule has 0 heterocycles. The van der Waals surface area contributed by atoms with E-state index in [1.165, 1.54) is 5.56 Å². The standard InChI is InChI=1S/C12H20N2O/c1-10(9-15)7-14(2)8-11-4-3-5-12(13)6-11/h3-6,10,15H,7-9,13H2,1-2H3. The molecule has 3 N–H and O–H groups in total. The summed E-state index contributed by atoms with van der Waals surface area (Å²) in [4.78, 5) is 2.19. The summed E-state index contributed by atoms with van der Waals surface area (Å²) in [5, 5.41) is 8.95. The van der Waals surface area contributed by atoms with Crippen molar-refractivity contribution in [2.24, 2.45) is 5.92 Å². The summed E-state index contributed by atoms with van der Waals surface area (Å²) in [6.45, 7) is 4.04. The Morgan fingerprint density at radius 3 is 2.80 bits per heavy atom. The lowest BCUT2D eigenvalue weighted by Crippen LogP contribution is -2.25. The molecule has 0 amide bonds. The average molecular weight is 208 g/mol. The van der Waals surface area contributed by atoms with Crippen molar-refractivity contribution in [2.75, 3.05) is 25.9 Å². The lowest BCUT2D eigenvalue weighted by molar-refractivity contribution is 0.188. The number of aliphatic hydroxyl groups is 1.